The second-order valence-corrected chi connectivity index (χ2v) is 5.55. The minimum absolute atomic E-state index is 0.307. The van der Waals surface area contributed by atoms with Gasteiger partial charge in [0.15, 0.2) is 6.61 Å². The van der Waals surface area contributed by atoms with Gasteiger partial charge in [-0.25, -0.2) is 14.5 Å². The summed E-state index contributed by atoms with van der Waals surface area (Å²) in [7, 11) is 0. The van der Waals surface area contributed by atoms with Crippen molar-refractivity contribution in [2.45, 2.75) is 6.42 Å². The van der Waals surface area contributed by atoms with Gasteiger partial charge < -0.3 is 10.1 Å². The first-order valence-corrected chi connectivity index (χ1v) is 8.15. The quantitative estimate of drug-likeness (QED) is 0.657. The molecule has 0 fully saturated rings. The minimum atomic E-state index is -0.548. The van der Waals surface area contributed by atoms with E-state index in [1.807, 2.05) is 30.3 Å². The number of carbonyl (C=O) groups is 2. The van der Waals surface area contributed by atoms with E-state index in [4.69, 9.17) is 4.74 Å². The normalized spacial score (nSPS) is 10.3. The summed E-state index contributed by atoms with van der Waals surface area (Å²) in [6.07, 6.45) is 3.72. The van der Waals surface area contributed by atoms with Gasteiger partial charge in [0.05, 0.1) is 11.3 Å². The Kier molecular flexibility index (Phi) is 5.72. The van der Waals surface area contributed by atoms with Crippen molar-refractivity contribution in [2.24, 2.45) is 0 Å². The van der Waals surface area contributed by atoms with Crippen molar-refractivity contribution in [3.05, 3.63) is 78.4 Å². The molecule has 3 rings (SSSR count). The summed E-state index contributed by atoms with van der Waals surface area (Å²) >= 11 is 0. The number of ether oxygens (including phenoxy) is 1. The van der Waals surface area contributed by atoms with Crippen LogP contribution in [0.25, 0.3) is 5.69 Å². The molecule has 1 heterocycles. The molecule has 0 aliphatic rings. The predicted molar refractivity (Wildman–Crippen MR) is 94.8 cm³/mol. The van der Waals surface area contributed by atoms with Crippen LogP contribution in [0.2, 0.25) is 0 Å². The molecule has 1 amide bonds. The molecule has 0 unspecified atom stereocenters. The Balaban J connectivity index is 1.42. The van der Waals surface area contributed by atoms with E-state index < -0.39 is 5.97 Å². The monoisotopic (exact) mass is 350 g/mol. The van der Waals surface area contributed by atoms with Crippen molar-refractivity contribution in [3.63, 3.8) is 0 Å². The van der Waals surface area contributed by atoms with Crippen LogP contribution in [0.15, 0.2) is 67.3 Å². The van der Waals surface area contributed by atoms with E-state index in [9.17, 15) is 9.59 Å². The average molecular weight is 350 g/mol. The number of esters is 1. The zero-order valence-corrected chi connectivity index (χ0v) is 14.0. The SMILES string of the molecule is O=C(COC(=O)c1ccc(-n2cncn2)cc1)NCCc1ccccc1. The van der Waals surface area contributed by atoms with Gasteiger partial charge in [-0.15, -0.1) is 0 Å². The van der Waals surface area contributed by atoms with Gasteiger partial charge in [0.2, 0.25) is 0 Å². The van der Waals surface area contributed by atoms with E-state index in [0.717, 1.165) is 17.7 Å². The largest absolute Gasteiger partial charge is 0.452 e. The summed E-state index contributed by atoms with van der Waals surface area (Å²) in [5.41, 5.74) is 2.28. The maximum absolute atomic E-state index is 12.0. The smallest absolute Gasteiger partial charge is 0.338 e. The van der Waals surface area contributed by atoms with Crippen molar-refractivity contribution in [1.29, 1.82) is 0 Å². The van der Waals surface area contributed by atoms with Gasteiger partial charge in [-0.1, -0.05) is 30.3 Å². The minimum Gasteiger partial charge on any atom is -0.452 e. The van der Waals surface area contributed by atoms with Crippen molar-refractivity contribution in [1.82, 2.24) is 20.1 Å². The lowest BCUT2D eigenvalue weighted by molar-refractivity contribution is -0.124. The zero-order chi connectivity index (χ0) is 18.2. The van der Waals surface area contributed by atoms with Gasteiger partial charge in [-0.05, 0) is 36.2 Å². The molecule has 7 heteroatoms. The van der Waals surface area contributed by atoms with Crippen LogP contribution in [0.1, 0.15) is 15.9 Å². The molecule has 1 aromatic heterocycles. The maximum Gasteiger partial charge on any atom is 0.338 e. The Morgan fingerprint density at radius 2 is 1.81 bits per heavy atom. The fourth-order valence-corrected chi connectivity index (χ4v) is 2.35. The highest BCUT2D eigenvalue weighted by molar-refractivity contribution is 5.91. The van der Waals surface area contributed by atoms with Gasteiger partial charge >= 0.3 is 5.97 Å². The Bertz CT molecular complexity index is 846. The highest BCUT2D eigenvalue weighted by atomic mass is 16.5. The second kappa shape index (κ2) is 8.57. The van der Waals surface area contributed by atoms with Gasteiger partial charge in [0, 0.05) is 6.54 Å². The fourth-order valence-electron chi connectivity index (χ4n) is 2.35. The van der Waals surface area contributed by atoms with E-state index in [1.54, 1.807) is 35.3 Å². The van der Waals surface area contributed by atoms with Crippen LogP contribution < -0.4 is 5.32 Å². The van der Waals surface area contributed by atoms with E-state index >= 15 is 0 Å². The van der Waals surface area contributed by atoms with Gasteiger partial charge in [-0.2, -0.15) is 5.10 Å². The van der Waals surface area contributed by atoms with E-state index in [2.05, 4.69) is 15.4 Å². The molecule has 0 aliphatic carbocycles. The van der Waals surface area contributed by atoms with Crippen molar-refractivity contribution >= 4 is 11.9 Å². The molecule has 0 aliphatic heterocycles. The molecule has 0 saturated carbocycles. The molecule has 0 saturated heterocycles. The van der Waals surface area contributed by atoms with Crippen LogP contribution >= 0.6 is 0 Å². The second-order valence-electron chi connectivity index (χ2n) is 5.55. The maximum atomic E-state index is 12.0. The first-order chi connectivity index (χ1) is 12.7. The van der Waals surface area contributed by atoms with Crippen LogP contribution in [0, 0.1) is 0 Å². The number of hydrogen-bond acceptors (Lipinski definition) is 5. The first kappa shape index (κ1) is 17.3. The molecule has 132 valence electrons. The lowest BCUT2D eigenvalue weighted by atomic mass is 10.1. The number of rotatable bonds is 7. The Morgan fingerprint density at radius 3 is 2.50 bits per heavy atom. The van der Waals surface area contributed by atoms with Crippen LogP contribution in [0.4, 0.5) is 0 Å². The van der Waals surface area contributed by atoms with Crippen LogP contribution in [-0.2, 0) is 16.0 Å². The molecule has 0 bridgehead atoms. The number of aromatic nitrogens is 3. The van der Waals surface area contributed by atoms with E-state index in [1.165, 1.54) is 6.33 Å². The first-order valence-electron chi connectivity index (χ1n) is 8.15. The molecular weight excluding hydrogens is 332 g/mol. The number of nitrogens with zero attached hydrogens (tertiary/aromatic N) is 3. The van der Waals surface area contributed by atoms with Crippen LogP contribution in [0.3, 0.4) is 0 Å². The fraction of sp³-hybridized carbons (Fsp3) is 0.158. The highest BCUT2D eigenvalue weighted by Crippen LogP contribution is 2.09. The predicted octanol–water partition coefficient (Wildman–Crippen LogP) is 1.78. The summed E-state index contributed by atoms with van der Waals surface area (Å²) in [6, 6.07) is 16.5. The molecule has 3 aromatic rings. The molecule has 0 atom stereocenters. The number of hydrogen-bond donors (Lipinski definition) is 1. The Hall–Kier alpha value is -3.48. The topological polar surface area (TPSA) is 86.1 Å². The van der Waals surface area contributed by atoms with E-state index in [-0.39, 0.29) is 12.5 Å². The Labute approximate surface area is 150 Å². The average Bonchev–Trinajstić information content (AvgIpc) is 3.22. The number of carbonyl (C=O) groups excluding carboxylic acids is 2. The van der Waals surface area contributed by atoms with Gasteiger partial charge in [0.25, 0.3) is 5.91 Å². The van der Waals surface area contributed by atoms with Crippen molar-refractivity contribution in [3.8, 4) is 5.69 Å². The summed E-state index contributed by atoms with van der Waals surface area (Å²) in [4.78, 5) is 27.6. The van der Waals surface area contributed by atoms with Gasteiger partial charge in [0.1, 0.15) is 12.7 Å². The summed E-state index contributed by atoms with van der Waals surface area (Å²) in [5.74, 6) is -0.873. The molecular formula is C19H18N4O3. The molecule has 2 aromatic carbocycles. The summed E-state index contributed by atoms with van der Waals surface area (Å²) in [6.45, 7) is 0.186. The molecule has 1 N–H and O–H groups in total. The number of nitrogens with one attached hydrogen (secondary N) is 1. The molecule has 0 radical (unpaired) electrons. The summed E-state index contributed by atoms with van der Waals surface area (Å²) in [5, 5.41) is 6.74. The number of amides is 1. The lowest BCUT2D eigenvalue weighted by Gasteiger charge is -2.07. The van der Waals surface area contributed by atoms with Crippen LogP contribution in [0.5, 0.6) is 0 Å². The van der Waals surface area contributed by atoms with E-state index in [0.29, 0.717) is 12.1 Å². The summed E-state index contributed by atoms with van der Waals surface area (Å²) < 4.78 is 6.62. The number of benzene rings is 2. The third kappa shape index (κ3) is 4.76. The van der Waals surface area contributed by atoms with Crippen molar-refractivity contribution in [2.75, 3.05) is 13.2 Å². The Morgan fingerprint density at radius 1 is 1.04 bits per heavy atom. The van der Waals surface area contributed by atoms with Crippen molar-refractivity contribution < 1.29 is 14.3 Å². The third-order valence-electron chi connectivity index (χ3n) is 3.70. The third-order valence-corrected chi connectivity index (χ3v) is 3.70. The van der Waals surface area contributed by atoms with Gasteiger partial charge in [-0.3, -0.25) is 4.79 Å². The van der Waals surface area contributed by atoms with Crippen LogP contribution in [-0.4, -0.2) is 39.8 Å². The lowest BCUT2D eigenvalue weighted by Crippen LogP contribution is -2.30. The molecule has 26 heavy (non-hydrogen) atoms. The standard InChI is InChI=1S/C19H18N4O3/c24-18(21-11-10-15-4-2-1-3-5-15)12-26-19(25)16-6-8-17(9-7-16)23-14-20-13-22-23/h1-9,13-14H,10-12H2,(H,21,24). The molecule has 0 spiro atoms. The molecule has 7 nitrogen and oxygen atoms in total. The highest BCUT2D eigenvalue weighted by Gasteiger charge is 2.10. The zero-order valence-electron chi connectivity index (χ0n) is 14.0.